The Hall–Kier alpha value is -1.31. The number of hydrogen-bond donors (Lipinski definition) is 0. The molecule has 1 radical (unpaired) electrons. The lowest BCUT2D eigenvalue weighted by atomic mass is 10.2. The smallest absolute Gasteiger partial charge is 0.0691 e. The fourth-order valence-electron chi connectivity index (χ4n) is 1.34. The average molecular weight is 159 g/mol. The molecule has 0 atom stereocenters. The quantitative estimate of drug-likeness (QED) is 0.624. The van der Waals surface area contributed by atoms with Crippen molar-refractivity contribution >= 4 is 10.9 Å². The van der Waals surface area contributed by atoms with Gasteiger partial charge in [-0.15, -0.1) is 0 Å². The molecule has 0 bridgehead atoms. The highest BCUT2D eigenvalue weighted by molar-refractivity contribution is 5.78. The topological polar surface area (TPSA) is 17.8 Å². The van der Waals surface area contributed by atoms with Gasteiger partial charge in [-0.2, -0.15) is 5.10 Å². The summed E-state index contributed by atoms with van der Waals surface area (Å²) in [5.41, 5.74) is 1.16. The molecule has 0 fully saturated rings. The minimum Gasteiger partial charge on any atom is -0.262 e. The summed E-state index contributed by atoms with van der Waals surface area (Å²) < 4.78 is 2.01. The highest BCUT2D eigenvalue weighted by Crippen LogP contribution is 2.15. The van der Waals surface area contributed by atoms with E-state index in [9.17, 15) is 0 Å². The number of fused-ring (bicyclic) bond motifs is 1. The van der Waals surface area contributed by atoms with Crippen molar-refractivity contribution in [2.75, 3.05) is 0 Å². The van der Waals surface area contributed by atoms with Crippen LogP contribution in [0.1, 0.15) is 19.9 Å². The molecule has 0 saturated heterocycles. The van der Waals surface area contributed by atoms with Gasteiger partial charge in [0.25, 0.3) is 0 Å². The van der Waals surface area contributed by atoms with Crippen LogP contribution in [0.5, 0.6) is 0 Å². The molecule has 1 aromatic carbocycles. The summed E-state index contributed by atoms with van der Waals surface area (Å²) in [5.74, 6) is 0. The Bertz CT molecular complexity index is 387. The van der Waals surface area contributed by atoms with E-state index in [2.05, 4.69) is 25.0 Å². The van der Waals surface area contributed by atoms with E-state index in [-0.39, 0.29) is 0 Å². The van der Waals surface area contributed by atoms with Crippen molar-refractivity contribution < 1.29 is 0 Å². The van der Waals surface area contributed by atoms with Crippen molar-refractivity contribution in [3.63, 3.8) is 0 Å². The van der Waals surface area contributed by atoms with Crippen LogP contribution in [-0.4, -0.2) is 9.78 Å². The third-order valence-corrected chi connectivity index (χ3v) is 1.93. The Morgan fingerprint density at radius 2 is 2.33 bits per heavy atom. The van der Waals surface area contributed by atoms with Gasteiger partial charge in [-0.3, -0.25) is 4.68 Å². The molecule has 12 heavy (non-hydrogen) atoms. The van der Waals surface area contributed by atoms with Crippen LogP contribution in [0, 0.1) is 6.07 Å². The number of aromatic nitrogens is 2. The molecular formula is C10H11N2. The van der Waals surface area contributed by atoms with Crippen LogP contribution in [0.25, 0.3) is 10.9 Å². The normalized spacial score (nSPS) is 11.2. The first-order valence-corrected chi connectivity index (χ1v) is 4.12. The maximum atomic E-state index is 4.29. The van der Waals surface area contributed by atoms with Gasteiger partial charge in [-0.1, -0.05) is 12.1 Å². The zero-order valence-electron chi connectivity index (χ0n) is 7.28. The maximum Gasteiger partial charge on any atom is 0.0691 e. The molecule has 0 aliphatic carbocycles. The van der Waals surface area contributed by atoms with Crippen LogP contribution in [-0.2, 0) is 0 Å². The zero-order valence-corrected chi connectivity index (χ0v) is 7.28. The molecule has 0 spiro atoms. The lowest BCUT2D eigenvalue weighted by Gasteiger charge is -2.05. The van der Waals surface area contributed by atoms with Crippen LogP contribution in [0.2, 0.25) is 0 Å². The third kappa shape index (κ3) is 0.998. The number of nitrogens with zero attached hydrogens (tertiary/aromatic N) is 2. The summed E-state index contributed by atoms with van der Waals surface area (Å²) in [5, 5.41) is 5.47. The summed E-state index contributed by atoms with van der Waals surface area (Å²) >= 11 is 0. The van der Waals surface area contributed by atoms with Gasteiger partial charge in [0.2, 0.25) is 0 Å². The van der Waals surface area contributed by atoms with E-state index < -0.39 is 0 Å². The lowest BCUT2D eigenvalue weighted by molar-refractivity contribution is 0.551. The summed E-state index contributed by atoms with van der Waals surface area (Å²) in [6.45, 7) is 4.25. The Balaban J connectivity index is 2.70. The Labute approximate surface area is 71.8 Å². The molecule has 0 N–H and O–H groups in total. The van der Waals surface area contributed by atoms with Crippen molar-refractivity contribution in [3.05, 3.63) is 30.5 Å². The molecule has 0 amide bonds. The van der Waals surface area contributed by atoms with E-state index in [0.717, 1.165) is 5.52 Å². The van der Waals surface area contributed by atoms with Crippen LogP contribution in [0.4, 0.5) is 0 Å². The van der Waals surface area contributed by atoms with Gasteiger partial charge < -0.3 is 0 Å². The van der Waals surface area contributed by atoms with Gasteiger partial charge in [0, 0.05) is 11.4 Å². The highest BCUT2D eigenvalue weighted by atomic mass is 15.3. The van der Waals surface area contributed by atoms with Crippen LogP contribution in [0.15, 0.2) is 24.4 Å². The van der Waals surface area contributed by atoms with Crippen LogP contribution < -0.4 is 0 Å². The molecule has 1 heterocycles. The minimum absolute atomic E-state index is 0.415. The predicted octanol–water partition coefficient (Wildman–Crippen LogP) is 2.42. The van der Waals surface area contributed by atoms with E-state index in [0.29, 0.717) is 6.04 Å². The Morgan fingerprint density at radius 3 is 3.08 bits per heavy atom. The minimum atomic E-state index is 0.415. The van der Waals surface area contributed by atoms with Gasteiger partial charge >= 0.3 is 0 Å². The first-order chi connectivity index (χ1) is 5.79. The fourth-order valence-corrected chi connectivity index (χ4v) is 1.34. The Kier molecular flexibility index (Phi) is 1.61. The molecule has 2 aromatic rings. The molecule has 1 aromatic heterocycles. The molecule has 0 unspecified atom stereocenters. The number of benzene rings is 1. The molecule has 2 nitrogen and oxygen atoms in total. The van der Waals surface area contributed by atoms with E-state index in [1.54, 1.807) is 0 Å². The van der Waals surface area contributed by atoms with Crippen molar-refractivity contribution in [2.24, 2.45) is 0 Å². The SMILES string of the molecule is CC(C)n1ncc2cc[c]cc21. The number of rotatable bonds is 1. The zero-order chi connectivity index (χ0) is 8.55. The monoisotopic (exact) mass is 159 g/mol. The lowest BCUT2D eigenvalue weighted by Crippen LogP contribution is -2.01. The first kappa shape index (κ1) is 7.35. The maximum absolute atomic E-state index is 4.29. The summed E-state index contributed by atoms with van der Waals surface area (Å²) in [7, 11) is 0. The standard InChI is InChI=1S/C10H11N2/c1-8(2)12-10-6-4-3-5-9(10)7-11-12/h3,5-8H,1-2H3. The molecule has 0 aliphatic heterocycles. The third-order valence-electron chi connectivity index (χ3n) is 1.93. The highest BCUT2D eigenvalue weighted by Gasteiger charge is 2.03. The van der Waals surface area contributed by atoms with E-state index in [1.807, 2.05) is 29.1 Å². The Morgan fingerprint density at radius 1 is 1.50 bits per heavy atom. The van der Waals surface area contributed by atoms with Crippen molar-refractivity contribution in [1.29, 1.82) is 0 Å². The van der Waals surface area contributed by atoms with E-state index in [1.165, 1.54) is 5.39 Å². The molecule has 0 aliphatic rings. The molecule has 0 saturated carbocycles. The van der Waals surface area contributed by atoms with Gasteiger partial charge in [-0.25, -0.2) is 0 Å². The van der Waals surface area contributed by atoms with Crippen LogP contribution >= 0.6 is 0 Å². The average Bonchev–Trinajstić information content (AvgIpc) is 2.47. The molecule has 2 rings (SSSR count). The fraction of sp³-hybridized carbons (Fsp3) is 0.300. The van der Waals surface area contributed by atoms with Gasteiger partial charge in [0.15, 0.2) is 0 Å². The van der Waals surface area contributed by atoms with Gasteiger partial charge in [0.05, 0.1) is 11.7 Å². The first-order valence-electron chi connectivity index (χ1n) is 4.12. The van der Waals surface area contributed by atoms with Crippen molar-refractivity contribution in [2.45, 2.75) is 19.9 Å². The number of hydrogen-bond acceptors (Lipinski definition) is 1. The van der Waals surface area contributed by atoms with Crippen molar-refractivity contribution in [1.82, 2.24) is 9.78 Å². The summed E-state index contributed by atoms with van der Waals surface area (Å²) in [4.78, 5) is 0. The van der Waals surface area contributed by atoms with E-state index in [4.69, 9.17) is 0 Å². The molecular weight excluding hydrogens is 148 g/mol. The van der Waals surface area contributed by atoms with E-state index >= 15 is 0 Å². The molecule has 2 heteroatoms. The largest absolute Gasteiger partial charge is 0.262 e. The van der Waals surface area contributed by atoms with Gasteiger partial charge in [-0.05, 0) is 26.0 Å². The second-order valence-electron chi connectivity index (χ2n) is 3.17. The van der Waals surface area contributed by atoms with Gasteiger partial charge in [0.1, 0.15) is 0 Å². The van der Waals surface area contributed by atoms with Crippen LogP contribution in [0.3, 0.4) is 0 Å². The summed E-state index contributed by atoms with van der Waals surface area (Å²) in [6.07, 6.45) is 1.89. The van der Waals surface area contributed by atoms with Crippen molar-refractivity contribution in [3.8, 4) is 0 Å². The predicted molar refractivity (Wildman–Crippen MR) is 49.0 cm³/mol. The summed E-state index contributed by atoms with van der Waals surface area (Å²) in [6, 6.07) is 9.39. The second-order valence-corrected chi connectivity index (χ2v) is 3.17. The molecule has 61 valence electrons. The second kappa shape index (κ2) is 2.63.